The average molecular weight is 272 g/mol. The van der Waals surface area contributed by atoms with Crippen LogP contribution in [-0.2, 0) is 6.54 Å². The minimum atomic E-state index is -0.304. The maximum atomic E-state index is 11.2. The van der Waals surface area contributed by atoms with E-state index in [-0.39, 0.29) is 16.7 Å². The Kier molecular flexibility index (Phi) is 3.37. The van der Waals surface area contributed by atoms with Gasteiger partial charge in [0.15, 0.2) is 0 Å². The summed E-state index contributed by atoms with van der Waals surface area (Å²) in [6, 6.07) is 7.26. The lowest BCUT2D eigenvalue weighted by atomic mass is 10.2. The molecule has 104 valence electrons. The molecule has 1 aromatic carbocycles. The van der Waals surface area contributed by atoms with Gasteiger partial charge in [-0.15, -0.1) is 0 Å². The molecule has 0 saturated carbocycles. The molecule has 1 atom stereocenters. The van der Waals surface area contributed by atoms with Crippen molar-refractivity contribution in [3.63, 3.8) is 0 Å². The number of aromatic nitrogens is 2. The van der Waals surface area contributed by atoms with Crippen molar-refractivity contribution in [3.05, 3.63) is 53.1 Å². The zero-order chi connectivity index (χ0) is 13.9. The lowest BCUT2D eigenvalue weighted by Gasteiger charge is -2.26. The van der Waals surface area contributed by atoms with E-state index < -0.39 is 0 Å². The Labute approximate surface area is 116 Å². The third-order valence-electron chi connectivity index (χ3n) is 3.75. The van der Waals surface area contributed by atoms with E-state index in [9.17, 15) is 10.1 Å². The van der Waals surface area contributed by atoms with Crippen molar-refractivity contribution < 1.29 is 4.92 Å². The highest BCUT2D eigenvalue weighted by atomic mass is 16.6. The molecule has 6 heteroatoms. The topological polar surface area (TPSA) is 64.2 Å². The van der Waals surface area contributed by atoms with Gasteiger partial charge in [0.05, 0.1) is 11.3 Å². The molecule has 0 radical (unpaired) electrons. The fourth-order valence-electron chi connectivity index (χ4n) is 2.84. The highest BCUT2D eigenvalue weighted by molar-refractivity contribution is 5.64. The maximum Gasteiger partial charge on any atom is 0.292 e. The van der Waals surface area contributed by atoms with E-state index >= 15 is 0 Å². The van der Waals surface area contributed by atoms with Crippen LogP contribution in [0.1, 0.15) is 12.8 Å². The summed E-state index contributed by atoms with van der Waals surface area (Å²) in [4.78, 5) is 17.1. The smallest absolute Gasteiger partial charge is 0.292 e. The van der Waals surface area contributed by atoms with Crippen molar-refractivity contribution in [1.82, 2.24) is 9.55 Å². The molecular weight excluding hydrogens is 256 g/mol. The van der Waals surface area contributed by atoms with Crippen LogP contribution in [0.5, 0.6) is 0 Å². The molecule has 2 heterocycles. The lowest BCUT2D eigenvalue weighted by molar-refractivity contribution is -0.384. The fraction of sp³-hybridized carbons (Fsp3) is 0.357. The normalized spacial score (nSPS) is 18.4. The first-order valence-corrected chi connectivity index (χ1v) is 6.71. The van der Waals surface area contributed by atoms with Crippen molar-refractivity contribution in [2.24, 2.45) is 0 Å². The van der Waals surface area contributed by atoms with Gasteiger partial charge in [0.25, 0.3) is 5.69 Å². The van der Waals surface area contributed by atoms with E-state index in [1.807, 2.05) is 22.9 Å². The highest BCUT2D eigenvalue weighted by Gasteiger charge is 2.29. The number of benzene rings is 1. The van der Waals surface area contributed by atoms with E-state index in [1.165, 1.54) is 0 Å². The van der Waals surface area contributed by atoms with Crippen LogP contribution in [0.15, 0.2) is 43.0 Å². The summed E-state index contributed by atoms with van der Waals surface area (Å²) < 4.78 is 2.03. The van der Waals surface area contributed by atoms with Gasteiger partial charge < -0.3 is 9.47 Å². The number of imidazole rings is 1. The van der Waals surface area contributed by atoms with Crippen LogP contribution in [-0.4, -0.2) is 27.1 Å². The predicted octanol–water partition coefficient (Wildman–Crippen LogP) is 2.46. The lowest BCUT2D eigenvalue weighted by Crippen LogP contribution is -2.33. The van der Waals surface area contributed by atoms with Crippen LogP contribution in [0.25, 0.3) is 0 Å². The number of nitro benzene ring substituents is 1. The largest absolute Gasteiger partial charge is 0.361 e. The third kappa shape index (κ3) is 2.36. The average Bonchev–Trinajstić information content (AvgIpc) is 3.11. The fourth-order valence-corrected chi connectivity index (χ4v) is 2.84. The predicted molar refractivity (Wildman–Crippen MR) is 75.7 cm³/mol. The van der Waals surface area contributed by atoms with Crippen molar-refractivity contribution in [2.75, 3.05) is 11.4 Å². The van der Waals surface area contributed by atoms with Crippen molar-refractivity contribution in [3.8, 4) is 0 Å². The molecule has 1 aliphatic rings. The van der Waals surface area contributed by atoms with Crippen LogP contribution in [0, 0.1) is 10.1 Å². The van der Waals surface area contributed by atoms with Crippen LogP contribution < -0.4 is 4.90 Å². The van der Waals surface area contributed by atoms with Gasteiger partial charge in [0.2, 0.25) is 0 Å². The van der Waals surface area contributed by atoms with E-state index in [2.05, 4.69) is 9.88 Å². The second-order valence-electron chi connectivity index (χ2n) is 4.99. The van der Waals surface area contributed by atoms with Gasteiger partial charge in [0.1, 0.15) is 5.69 Å². The maximum absolute atomic E-state index is 11.2. The van der Waals surface area contributed by atoms with Crippen molar-refractivity contribution in [2.45, 2.75) is 25.4 Å². The number of nitrogens with zero attached hydrogens (tertiary/aromatic N) is 4. The Morgan fingerprint density at radius 1 is 1.40 bits per heavy atom. The molecule has 0 N–H and O–H groups in total. The van der Waals surface area contributed by atoms with E-state index in [4.69, 9.17) is 0 Å². The molecule has 1 aliphatic heterocycles. The van der Waals surface area contributed by atoms with Crippen LogP contribution >= 0.6 is 0 Å². The first-order valence-electron chi connectivity index (χ1n) is 6.71. The standard InChI is InChI=1S/C14H16N4O2/c19-18(20)14-6-2-1-5-13(14)17-8-3-4-12(17)10-16-9-7-15-11-16/h1-2,5-7,9,11-12H,3-4,8,10H2. The number of anilines is 1. The molecule has 0 aliphatic carbocycles. The second-order valence-corrected chi connectivity index (χ2v) is 4.99. The molecule has 2 aromatic rings. The molecule has 1 unspecified atom stereocenters. The van der Waals surface area contributed by atoms with Crippen molar-refractivity contribution >= 4 is 11.4 Å². The first-order chi connectivity index (χ1) is 9.75. The van der Waals surface area contributed by atoms with Gasteiger partial charge in [-0.3, -0.25) is 10.1 Å². The second kappa shape index (κ2) is 5.32. The summed E-state index contributed by atoms with van der Waals surface area (Å²) in [6.07, 6.45) is 7.58. The highest BCUT2D eigenvalue weighted by Crippen LogP contribution is 2.33. The van der Waals surface area contributed by atoms with E-state index in [1.54, 1.807) is 24.7 Å². The molecular formula is C14H16N4O2. The summed E-state index contributed by atoms with van der Waals surface area (Å²) in [5, 5.41) is 11.2. The molecule has 1 saturated heterocycles. The molecule has 0 bridgehead atoms. The molecule has 3 rings (SSSR count). The number of hydrogen-bond donors (Lipinski definition) is 0. The van der Waals surface area contributed by atoms with Gasteiger partial charge in [-0.25, -0.2) is 4.98 Å². The quantitative estimate of drug-likeness (QED) is 0.633. The molecule has 0 spiro atoms. The van der Waals surface area contributed by atoms with Gasteiger partial charge in [-0.05, 0) is 18.9 Å². The molecule has 1 aromatic heterocycles. The van der Waals surface area contributed by atoms with Crippen LogP contribution in [0.2, 0.25) is 0 Å². The van der Waals surface area contributed by atoms with Gasteiger partial charge in [0, 0.05) is 37.6 Å². The minimum absolute atomic E-state index is 0.185. The summed E-state index contributed by atoms with van der Waals surface area (Å²) in [7, 11) is 0. The number of rotatable bonds is 4. The third-order valence-corrected chi connectivity index (χ3v) is 3.75. The summed E-state index contributed by atoms with van der Waals surface area (Å²) in [5.41, 5.74) is 0.908. The summed E-state index contributed by atoms with van der Waals surface area (Å²) >= 11 is 0. The molecule has 20 heavy (non-hydrogen) atoms. The number of nitro groups is 1. The van der Waals surface area contributed by atoms with Gasteiger partial charge in [-0.2, -0.15) is 0 Å². The number of para-hydroxylation sites is 2. The summed E-state index contributed by atoms with van der Waals surface area (Å²) in [5.74, 6) is 0. The minimum Gasteiger partial charge on any atom is -0.361 e. The van der Waals surface area contributed by atoms with Crippen molar-refractivity contribution in [1.29, 1.82) is 0 Å². The Hall–Kier alpha value is -2.37. The number of hydrogen-bond acceptors (Lipinski definition) is 4. The zero-order valence-corrected chi connectivity index (χ0v) is 11.1. The van der Waals surface area contributed by atoms with Gasteiger partial charge in [-0.1, -0.05) is 12.1 Å². The Morgan fingerprint density at radius 2 is 2.25 bits per heavy atom. The Bertz CT molecular complexity index is 597. The Morgan fingerprint density at radius 3 is 3.00 bits per heavy atom. The molecule has 1 fully saturated rings. The van der Waals surface area contributed by atoms with Crippen LogP contribution in [0.4, 0.5) is 11.4 Å². The molecule has 6 nitrogen and oxygen atoms in total. The summed E-state index contributed by atoms with van der Waals surface area (Å²) in [6.45, 7) is 1.68. The zero-order valence-electron chi connectivity index (χ0n) is 11.1. The first kappa shape index (κ1) is 12.7. The monoisotopic (exact) mass is 272 g/mol. The van der Waals surface area contributed by atoms with Gasteiger partial charge >= 0.3 is 0 Å². The Balaban J connectivity index is 1.87. The SMILES string of the molecule is O=[N+]([O-])c1ccccc1N1CCCC1Cn1ccnc1. The van der Waals surface area contributed by atoms with E-state index in [0.717, 1.165) is 31.6 Å². The van der Waals surface area contributed by atoms with Crippen LogP contribution in [0.3, 0.4) is 0 Å². The van der Waals surface area contributed by atoms with E-state index in [0.29, 0.717) is 0 Å². The molecule has 0 amide bonds.